The molecule has 0 saturated carbocycles. The van der Waals surface area contributed by atoms with Gasteiger partial charge in [0.1, 0.15) is 6.04 Å². The molecule has 2 rings (SSSR count). The van der Waals surface area contributed by atoms with Crippen molar-refractivity contribution in [1.29, 1.82) is 0 Å². The number of carbonyl (C=O) groups is 2. The van der Waals surface area contributed by atoms with E-state index in [1.165, 1.54) is 4.90 Å². The van der Waals surface area contributed by atoms with Crippen molar-refractivity contribution < 1.29 is 22.8 Å². The van der Waals surface area contributed by atoms with Gasteiger partial charge in [0.25, 0.3) is 0 Å². The highest BCUT2D eigenvalue weighted by atomic mass is 32.1. The predicted molar refractivity (Wildman–Crippen MR) is 77.7 cm³/mol. The van der Waals surface area contributed by atoms with E-state index in [1.54, 1.807) is 20.8 Å². The minimum atomic E-state index is -4.60. The van der Waals surface area contributed by atoms with E-state index in [4.69, 9.17) is 0 Å². The Morgan fingerprint density at radius 1 is 1.26 bits per heavy atom. The second kappa shape index (κ2) is 6.06. The molecule has 6 nitrogen and oxygen atoms in total. The van der Waals surface area contributed by atoms with Gasteiger partial charge in [0.2, 0.25) is 22.0 Å². The Labute approximate surface area is 135 Å². The molecule has 10 heteroatoms. The maximum Gasteiger partial charge on any atom is 0.445 e. The van der Waals surface area contributed by atoms with Crippen LogP contribution in [0, 0.1) is 5.41 Å². The highest BCUT2D eigenvalue weighted by Crippen LogP contribution is 2.33. The van der Waals surface area contributed by atoms with E-state index in [2.05, 4.69) is 15.5 Å². The topological polar surface area (TPSA) is 75.2 Å². The number of carbonyl (C=O) groups excluding carboxylic acids is 2. The molecule has 0 unspecified atom stereocenters. The molecule has 1 saturated heterocycles. The molecule has 1 aliphatic rings. The number of hydrogen-bond donors (Lipinski definition) is 1. The molecule has 1 aromatic rings. The molecule has 1 aromatic heterocycles. The van der Waals surface area contributed by atoms with Crippen molar-refractivity contribution in [2.75, 3.05) is 11.9 Å². The number of nitrogens with one attached hydrogen (secondary N) is 1. The molecule has 0 bridgehead atoms. The molecule has 0 aliphatic carbocycles. The first kappa shape index (κ1) is 17.6. The molecule has 2 amide bonds. The van der Waals surface area contributed by atoms with Gasteiger partial charge >= 0.3 is 6.18 Å². The van der Waals surface area contributed by atoms with Crippen molar-refractivity contribution in [3.8, 4) is 0 Å². The summed E-state index contributed by atoms with van der Waals surface area (Å²) in [5.74, 6) is -0.701. The van der Waals surface area contributed by atoms with Gasteiger partial charge in [0, 0.05) is 12.0 Å². The zero-order chi connectivity index (χ0) is 17.4. The fraction of sp³-hybridized carbons (Fsp3) is 0.692. The molecule has 1 aliphatic heterocycles. The van der Waals surface area contributed by atoms with E-state index in [0.29, 0.717) is 19.4 Å². The lowest BCUT2D eigenvalue weighted by Gasteiger charge is -2.29. The number of amides is 2. The minimum Gasteiger partial charge on any atom is -0.330 e. The van der Waals surface area contributed by atoms with Crippen molar-refractivity contribution in [1.82, 2.24) is 15.1 Å². The number of nitrogens with zero attached hydrogens (tertiary/aromatic N) is 3. The zero-order valence-electron chi connectivity index (χ0n) is 12.9. The first-order valence-electron chi connectivity index (χ1n) is 7.03. The highest BCUT2D eigenvalue weighted by molar-refractivity contribution is 7.15. The third kappa shape index (κ3) is 3.98. The predicted octanol–water partition coefficient (Wildman–Crippen LogP) is 2.53. The van der Waals surface area contributed by atoms with Gasteiger partial charge in [-0.2, -0.15) is 13.2 Å². The van der Waals surface area contributed by atoms with Gasteiger partial charge in [0.15, 0.2) is 0 Å². The second-order valence-electron chi connectivity index (χ2n) is 6.31. The van der Waals surface area contributed by atoms with Crippen LogP contribution in [0.25, 0.3) is 0 Å². The molecular weight excluding hydrogens is 333 g/mol. The van der Waals surface area contributed by atoms with Crippen LogP contribution in [-0.2, 0) is 15.8 Å². The Kier molecular flexibility index (Phi) is 4.65. The van der Waals surface area contributed by atoms with Crippen molar-refractivity contribution >= 4 is 28.3 Å². The SMILES string of the molecule is CC(C)(C)C(=O)N1CCC[C@@H]1C(=O)Nc1nnc(C(F)(F)F)s1. The quantitative estimate of drug-likeness (QED) is 0.889. The first-order valence-corrected chi connectivity index (χ1v) is 7.84. The Morgan fingerprint density at radius 3 is 2.43 bits per heavy atom. The molecule has 0 aromatic carbocycles. The Hall–Kier alpha value is -1.71. The number of halogens is 3. The standard InChI is InChI=1S/C13H17F3N4O2S/c1-12(2,3)10(22)20-6-4-5-7(20)8(21)17-11-19-18-9(23-11)13(14,15)16/h7H,4-6H2,1-3H3,(H,17,19,21)/t7-/m1/s1. The number of likely N-dealkylation sites (tertiary alicyclic amines) is 1. The van der Waals surface area contributed by atoms with E-state index in [-0.39, 0.29) is 22.4 Å². The van der Waals surface area contributed by atoms with E-state index < -0.39 is 28.5 Å². The summed E-state index contributed by atoms with van der Waals surface area (Å²) in [6.07, 6.45) is -3.45. The summed E-state index contributed by atoms with van der Waals surface area (Å²) in [7, 11) is 0. The van der Waals surface area contributed by atoms with Crippen molar-refractivity contribution in [2.45, 2.75) is 45.8 Å². The molecule has 0 radical (unpaired) electrons. The summed E-state index contributed by atoms with van der Waals surface area (Å²) in [5.41, 5.74) is -0.630. The van der Waals surface area contributed by atoms with E-state index in [0.717, 1.165) is 0 Å². The maximum atomic E-state index is 12.5. The van der Waals surface area contributed by atoms with Crippen LogP contribution in [0.2, 0.25) is 0 Å². The fourth-order valence-electron chi connectivity index (χ4n) is 2.29. The highest BCUT2D eigenvalue weighted by Gasteiger charge is 2.39. The van der Waals surface area contributed by atoms with Crippen LogP contribution < -0.4 is 5.32 Å². The summed E-state index contributed by atoms with van der Waals surface area (Å²) in [4.78, 5) is 26.1. The Balaban J connectivity index is 2.08. The van der Waals surface area contributed by atoms with E-state index in [1.807, 2.05) is 0 Å². The Bertz CT molecular complexity index is 609. The molecule has 128 valence electrons. The summed E-state index contributed by atoms with van der Waals surface area (Å²) in [6, 6.07) is -0.694. The number of rotatable bonds is 2. The van der Waals surface area contributed by atoms with Crippen LogP contribution in [0.15, 0.2) is 0 Å². The molecule has 2 heterocycles. The molecule has 1 atom stereocenters. The number of aromatic nitrogens is 2. The van der Waals surface area contributed by atoms with Gasteiger partial charge in [-0.05, 0) is 12.8 Å². The van der Waals surface area contributed by atoms with E-state index in [9.17, 15) is 22.8 Å². The van der Waals surface area contributed by atoms with Crippen molar-refractivity contribution in [3.05, 3.63) is 5.01 Å². The smallest absolute Gasteiger partial charge is 0.330 e. The van der Waals surface area contributed by atoms with Crippen LogP contribution in [-0.4, -0.2) is 39.5 Å². The molecule has 0 spiro atoms. The monoisotopic (exact) mass is 350 g/mol. The molecule has 23 heavy (non-hydrogen) atoms. The van der Waals surface area contributed by atoms with Crippen LogP contribution in [0.5, 0.6) is 0 Å². The van der Waals surface area contributed by atoms with E-state index >= 15 is 0 Å². The third-order valence-electron chi connectivity index (χ3n) is 3.36. The molecule has 1 fully saturated rings. The van der Waals surface area contributed by atoms with Crippen LogP contribution in [0.1, 0.15) is 38.6 Å². The summed E-state index contributed by atoms with van der Waals surface area (Å²) < 4.78 is 37.4. The normalized spacial score (nSPS) is 19.0. The van der Waals surface area contributed by atoms with Gasteiger partial charge in [0.05, 0.1) is 0 Å². The third-order valence-corrected chi connectivity index (χ3v) is 4.24. The van der Waals surface area contributed by atoms with Crippen molar-refractivity contribution in [2.24, 2.45) is 5.41 Å². The van der Waals surface area contributed by atoms with Crippen LogP contribution in [0.3, 0.4) is 0 Å². The minimum absolute atomic E-state index is 0.164. The van der Waals surface area contributed by atoms with Gasteiger partial charge < -0.3 is 4.90 Å². The summed E-state index contributed by atoms with van der Waals surface area (Å²) in [6.45, 7) is 5.72. The fourth-order valence-corrected chi connectivity index (χ4v) is 2.90. The average Bonchev–Trinajstić information content (AvgIpc) is 3.03. The number of alkyl halides is 3. The maximum absolute atomic E-state index is 12.5. The van der Waals surface area contributed by atoms with Gasteiger partial charge in [-0.15, -0.1) is 10.2 Å². The lowest BCUT2D eigenvalue weighted by Crippen LogP contribution is -2.47. The summed E-state index contributed by atoms with van der Waals surface area (Å²) in [5, 5.41) is 7.31. The molecular formula is C13H17F3N4O2S. The molecule has 1 N–H and O–H groups in total. The first-order chi connectivity index (χ1) is 10.5. The van der Waals surface area contributed by atoms with Gasteiger partial charge in [-0.3, -0.25) is 14.9 Å². The van der Waals surface area contributed by atoms with Gasteiger partial charge in [-0.1, -0.05) is 32.1 Å². The summed E-state index contributed by atoms with van der Waals surface area (Å²) >= 11 is 0.259. The largest absolute Gasteiger partial charge is 0.445 e. The second-order valence-corrected chi connectivity index (χ2v) is 7.28. The average molecular weight is 350 g/mol. The van der Waals surface area contributed by atoms with Crippen molar-refractivity contribution in [3.63, 3.8) is 0 Å². The zero-order valence-corrected chi connectivity index (χ0v) is 13.7. The lowest BCUT2D eigenvalue weighted by atomic mass is 9.94. The van der Waals surface area contributed by atoms with Crippen LogP contribution >= 0.6 is 11.3 Å². The lowest BCUT2D eigenvalue weighted by molar-refractivity contribution is -0.143. The number of anilines is 1. The number of hydrogen-bond acceptors (Lipinski definition) is 5. The Morgan fingerprint density at radius 2 is 1.91 bits per heavy atom. The van der Waals surface area contributed by atoms with Crippen LogP contribution in [0.4, 0.5) is 18.3 Å². The van der Waals surface area contributed by atoms with Gasteiger partial charge in [-0.25, -0.2) is 0 Å².